The first-order chi connectivity index (χ1) is 14.5. The normalized spacial score (nSPS) is 11.0. The lowest BCUT2D eigenvalue weighted by atomic mass is 10.3. The molecular weight excluding hydrogens is 420 g/mol. The van der Waals surface area contributed by atoms with Gasteiger partial charge < -0.3 is 10.1 Å². The third-order valence-electron chi connectivity index (χ3n) is 4.11. The molecule has 0 atom stereocenters. The molecule has 30 heavy (non-hydrogen) atoms. The zero-order valence-electron chi connectivity index (χ0n) is 16.4. The van der Waals surface area contributed by atoms with Crippen LogP contribution in [-0.4, -0.2) is 27.2 Å². The Balaban J connectivity index is 1.59. The van der Waals surface area contributed by atoms with Gasteiger partial charge in [-0.25, -0.2) is 8.42 Å². The van der Waals surface area contributed by atoms with E-state index in [1.54, 1.807) is 55.3 Å². The van der Waals surface area contributed by atoms with Crippen LogP contribution in [0.4, 0.5) is 11.4 Å². The molecule has 0 spiro atoms. The van der Waals surface area contributed by atoms with Gasteiger partial charge in [0.15, 0.2) is 0 Å². The van der Waals surface area contributed by atoms with E-state index in [1.165, 1.54) is 12.1 Å². The molecule has 0 aliphatic heterocycles. The zero-order valence-corrected chi connectivity index (χ0v) is 18.0. The van der Waals surface area contributed by atoms with E-state index in [0.717, 1.165) is 4.90 Å². The average molecular weight is 443 g/mol. The number of carbonyl (C=O) groups excluding carboxylic acids is 1. The fraction of sp³-hybridized carbons (Fsp3) is 0.136. The number of thioether (sulfide) groups is 1. The molecule has 6 nitrogen and oxygen atoms in total. The number of anilines is 2. The summed E-state index contributed by atoms with van der Waals surface area (Å²) in [6, 6.07) is 22.6. The second-order valence-corrected chi connectivity index (χ2v) is 9.17. The average Bonchev–Trinajstić information content (AvgIpc) is 2.75. The molecule has 156 valence electrons. The van der Waals surface area contributed by atoms with Crippen LogP contribution in [0, 0.1) is 0 Å². The second kappa shape index (κ2) is 10.2. The van der Waals surface area contributed by atoms with E-state index < -0.39 is 10.0 Å². The Kier molecular flexibility index (Phi) is 7.37. The summed E-state index contributed by atoms with van der Waals surface area (Å²) in [4.78, 5) is 13.4. The molecule has 3 aromatic carbocycles. The molecule has 2 N–H and O–H groups in total. The van der Waals surface area contributed by atoms with Crippen LogP contribution in [-0.2, 0) is 14.8 Å². The van der Waals surface area contributed by atoms with Crippen LogP contribution in [0.3, 0.4) is 0 Å². The molecule has 0 saturated heterocycles. The Morgan fingerprint density at radius 3 is 2.37 bits per heavy atom. The predicted molar refractivity (Wildman–Crippen MR) is 121 cm³/mol. The molecule has 0 fully saturated rings. The number of hydrogen-bond acceptors (Lipinski definition) is 5. The number of sulfonamides is 1. The number of hydrogen-bond donors (Lipinski definition) is 2. The summed E-state index contributed by atoms with van der Waals surface area (Å²) in [6.07, 6.45) is 0.320. The van der Waals surface area contributed by atoms with Gasteiger partial charge >= 0.3 is 0 Å². The predicted octanol–water partition coefficient (Wildman–Crippen LogP) is 4.62. The maximum absolute atomic E-state index is 12.7. The van der Waals surface area contributed by atoms with E-state index >= 15 is 0 Å². The summed E-state index contributed by atoms with van der Waals surface area (Å²) in [5, 5.41) is 2.76. The maximum atomic E-state index is 12.7. The molecule has 0 aromatic heterocycles. The molecule has 0 heterocycles. The first-order valence-corrected chi connectivity index (χ1v) is 11.7. The highest BCUT2D eigenvalue weighted by molar-refractivity contribution is 7.99. The Bertz CT molecular complexity index is 1090. The summed E-state index contributed by atoms with van der Waals surface area (Å²) in [5.41, 5.74) is 0.852. The summed E-state index contributed by atoms with van der Waals surface area (Å²) in [5.74, 6) is 1.09. The molecule has 0 saturated carbocycles. The zero-order chi connectivity index (χ0) is 21.4. The van der Waals surface area contributed by atoms with Gasteiger partial charge in [-0.2, -0.15) is 0 Å². The van der Waals surface area contributed by atoms with E-state index in [-0.39, 0.29) is 10.8 Å². The van der Waals surface area contributed by atoms with Crippen LogP contribution in [0.1, 0.15) is 6.42 Å². The smallest absolute Gasteiger partial charge is 0.261 e. The molecule has 3 aromatic rings. The number of ether oxygens (including phenoxy) is 1. The number of nitrogens with one attached hydrogen (secondary N) is 2. The van der Waals surface area contributed by atoms with Crippen LogP contribution >= 0.6 is 11.8 Å². The molecule has 0 unspecified atom stereocenters. The summed E-state index contributed by atoms with van der Waals surface area (Å²) in [7, 11) is -2.25. The third kappa shape index (κ3) is 6.27. The largest absolute Gasteiger partial charge is 0.497 e. The van der Waals surface area contributed by atoms with Crippen LogP contribution in [0.25, 0.3) is 0 Å². The molecule has 8 heteroatoms. The van der Waals surface area contributed by atoms with Crippen LogP contribution in [0.5, 0.6) is 5.75 Å². The van der Waals surface area contributed by atoms with Crippen molar-refractivity contribution < 1.29 is 17.9 Å². The lowest BCUT2D eigenvalue weighted by Crippen LogP contribution is -2.15. The van der Waals surface area contributed by atoms with Crippen molar-refractivity contribution in [2.45, 2.75) is 16.2 Å². The Morgan fingerprint density at radius 1 is 0.933 bits per heavy atom. The van der Waals surface area contributed by atoms with E-state index in [9.17, 15) is 13.2 Å². The van der Waals surface area contributed by atoms with Crippen molar-refractivity contribution in [2.75, 3.05) is 22.9 Å². The SMILES string of the molecule is COc1ccc(NS(=O)(=O)c2cccc(NC(=O)CCSc3ccccc3)c2)cc1. The van der Waals surface area contributed by atoms with Crippen molar-refractivity contribution in [2.24, 2.45) is 0 Å². The van der Waals surface area contributed by atoms with E-state index in [4.69, 9.17) is 4.74 Å². The first kappa shape index (κ1) is 21.7. The Labute approximate surface area is 180 Å². The topological polar surface area (TPSA) is 84.5 Å². The van der Waals surface area contributed by atoms with Crippen molar-refractivity contribution in [3.63, 3.8) is 0 Å². The Morgan fingerprint density at radius 2 is 1.67 bits per heavy atom. The van der Waals surface area contributed by atoms with Crippen molar-refractivity contribution in [3.8, 4) is 5.75 Å². The van der Waals surface area contributed by atoms with Crippen molar-refractivity contribution in [3.05, 3.63) is 78.9 Å². The lowest BCUT2D eigenvalue weighted by Gasteiger charge is -2.11. The fourth-order valence-electron chi connectivity index (χ4n) is 2.62. The monoisotopic (exact) mass is 442 g/mol. The van der Waals surface area contributed by atoms with Crippen LogP contribution < -0.4 is 14.8 Å². The van der Waals surface area contributed by atoms with Crippen LogP contribution in [0.2, 0.25) is 0 Å². The second-order valence-electron chi connectivity index (χ2n) is 6.32. The van der Waals surface area contributed by atoms with Gasteiger partial charge in [-0.3, -0.25) is 9.52 Å². The van der Waals surface area contributed by atoms with Gasteiger partial charge in [0.2, 0.25) is 5.91 Å². The third-order valence-corrected chi connectivity index (χ3v) is 6.50. The summed E-state index contributed by atoms with van der Waals surface area (Å²) < 4.78 is 32.9. The summed E-state index contributed by atoms with van der Waals surface area (Å²) >= 11 is 1.59. The van der Waals surface area contributed by atoms with Crippen molar-refractivity contribution in [1.82, 2.24) is 0 Å². The molecule has 0 aliphatic carbocycles. The summed E-state index contributed by atoms with van der Waals surface area (Å²) in [6.45, 7) is 0. The van der Waals surface area contributed by atoms with Gasteiger partial charge in [0, 0.05) is 28.4 Å². The van der Waals surface area contributed by atoms with E-state index in [0.29, 0.717) is 29.3 Å². The van der Waals surface area contributed by atoms with Gasteiger partial charge in [0.1, 0.15) is 5.75 Å². The number of benzene rings is 3. The van der Waals surface area contributed by atoms with Gasteiger partial charge in [-0.05, 0) is 54.6 Å². The highest BCUT2D eigenvalue weighted by Crippen LogP contribution is 2.22. The molecule has 3 rings (SSSR count). The fourth-order valence-corrected chi connectivity index (χ4v) is 4.59. The Hall–Kier alpha value is -2.97. The minimum atomic E-state index is -3.79. The highest BCUT2D eigenvalue weighted by atomic mass is 32.2. The van der Waals surface area contributed by atoms with Gasteiger partial charge in [0.25, 0.3) is 10.0 Å². The molecule has 0 radical (unpaired) electrons. The minimum Gasteiger partial charge on any atom is -0.497 e. The van der Waals surface area contributed by atoms with Crippen LogP contribution in [0.15, 0.2) is 88.7 Å². The molecular formula is C22H22N2O4S2. The minimum absolute atomic E-state index is 0.0646. The lowest BCUT2D eigenvalue weighted by molar-refractivity contribution is -0.115. The van der Waals surface area contributed by atoms with E-state index in [1.807, 2.05) is 30.3 Å². The molecule has 0 aliphatic rings. The molecule has 1 amide bonds. The first-order valence-electron chi connectivity index (χ1n) is 9.21. The van der Waals surface area contributed by atoms with Gasteiger partial charge in [-0.1, -0.05) is 24.3 Å². The molecule has 0 bridgehead atoms. The maximum Gasteiger partial charge on any atom is 0.261 e. The van der Waals surface area contributed by atoms with Gasteiger partial charge in [0.05, 0.1) is 12.0 Å². The highest BCUT2D eigenvalue weighted by Gasteiger charge is 2.15. The van der Waals surface area contributed by atoms with E-state index in [2.05, 4.69) is 10.0 Å². The quantitative estimate of drug-likeness (QED) is 0.473. The van der Waals surface area contributed by atoms with Crippen molar-refractivity contribution in [1.29, 1.82) is 0 Å². The number of rotatable bonds is 9. The standard InChI is InChI=1S/C22H22N2O4S2/c1-28-19-12-10-17(11-13-19)24-30(26,27)21-9-5-6-18(16-21)23-22(25)14-15-29-20-7-3-2-4-8-20/h2-13,16,24H,14-15H2,1H3,(H,23,25). The number of carbonyl (C=O) groups is 1. The van der Waals surface area contributed by atoms with Crippen molar-refractivity contribution >= 4 is 39.1 Å². The van der Waals surface area contributed by atoms with Gasteiger partial charge in [-0.15, -0.1) is 11.8 Å². The number of methoxy groups -OCH3 is 1. The number of amides is 1.